The van der Waals surface area contributed by atoms with Crippen LogP contribution in [0.3, 0.4) is 0 Å². The van der Waals surface area contributed by atoms with Crippen molar-refractivity contribution < 1.29 is 0 Å². The van der Waals surface area contributed by atoms with Crippen LogP contribution in [0, 0.1) is 12.8 Å². The topological polar surface area (TPSA) is 12.0 Å². The van der Waals surface area contributed by atoms with E-state index in [9.17, 15) is 0 Å². The molecular formula is C21H25N. The lowest BCUT2D eigenvalue weighted by atomic mass is 9.94. The van der Waals surface area contributed by atoms with Crippen LogP contribution in [0.5, 0.6) is 0 Å². The smallest absolute Gasteiger partial charge is 0.0577 e. The van der Waals surface area contributed by atoms with Gasteiger partial charge in [0.1, 0.15) is 0 Å². The molecule has 1 N–H and O–H groups in total. The summed E-state index contributed by atoms with van der Waals surface area (Å²) in [6, 6.07) is 18.4. The van der Waals surface area contributed by atoms with E-state index in [-0.39, 0.29) is 0 Å². The third kappa shape index (κ3) is 3.25. The van der Waals surface area contributed by atoms with Crippen molar-refractivity contribution in [1.29, 1.82) is 0 Å². The van der Waals surface area contributed by atoms with Crippen LogP contribution < -0.4 is 5.32 Å². The van der Waals surface area contributed by atoms with Crippen molar-refractivity contribution in [2.45, 2.75) is 44.6 Å². The molecule has 0 aliphatic heterocycles. The van der Waals surface area contributed by atoms with Crippen molar-refractivity contribution in [3.8, 4) is 0 Å². The van der Waals surface area contributed by atoms with E-state index in [0.29, 0.717) is 6.04 Å². The van der Waals surface area contributed by atoms with Gasteiger partial charge in [-0.2, -0.15) is 0 Å². The first kappa shape index (κ1) is 14.0. The molecule has 4 rings (SSSR count). The Bertz CT molecular complexity index is 638. The van der Waals surface area contributed by atoms with Gasteiger partial charge in [0.05, 0.1) is 6.04 Å². The Hall–Kier alpha value is -1.60. The zero-order valence-electron chi connectivity index (χ0n) is 13.4. The molecule has 2 aromatic rings. The molecule has 0 radical (unpaired) electrons. The lowest BCUT2D eigenvalue weighted by molar-refractivity contribution is 0.573. The Morgan fingerprint density at radius 2 is 1.73 bits per heavy atom. The maximum absolute atomic E-state index is 3.83. The molecule has 0 heterocycles. The first-order chi connectivity index (χ1) is 10.8. The third-order valence-electron chi connectivity index (χ3n) is 4.94. The Labute approximate surface area is 133 Å². The van der Waals surface area contributed by atoms with E-state index in [1.54, 1.807) is 5.56 Å². The minimum Gasteiger partial charge on any atom is -0.306 e. The maximum atomic E-state index is 3.83. The largest absolute Gasteiger partial charge is 0.306 e. The average molecular weight is 291 g/mol. The molecule has 0 aromatic heterocycles. The van der Waals surface area contributed by atoms with Gasteiger partial charge in [0, 0.05) is 0 Å². The first-order valence-electron chi connectivity index (χ1n) is 8.69. The Balaban J connectivity index is 1.66. The monoisotopic (exact) mass is 291 g/mol. The second-order valence-electron chi connectivity index (χ2n) is 7.15. The molecule has 2 aliphatic rings. The van der Waals surface area contributed by atoms with Gasteiger partial charge < -0.3 is 5.32 Å². The fourth-order valence-electron chi connectivity index (χ4n) is 3.34. The third-order valence-corrected chi connectivity index (χ3v) is 4.94. The zero-order valence-corrected chi connectivity index (χ0v) is 13.4. The van der Waals surface area contributed by atoms with E-state index in [1.807, 2.05) is 0 Å². The summed E-state index contributed by atoms with van der Waals surface area (Å²) in [6.07, 6.45) is 5.54. The van der Waals surface area contributed by atoms with Crippen molar-refractivity contribution >= 4 is 0 Å². The second kappa shape index (κ2) is 5.89. The Morgan fingerprint density at radius 1 is 0.955 bits per heavy atom. The van der Waals surface area contributed by atoms with Crippen LogP contribution >= 0.6 is 0 Å². The standard InChI is InChI=1S/C21H25N/c1-15-11-19(17-9-10-17)13-20(12-15)21(22-14-16-7-8-16)18-5-3-2-4-6-18/h2-6,11-13,16-17,21-22H,7-10,14H2,1H3. The van der Waals surface area contributed by atoms with Crippen LogP contribution in [-0.2, 0) is 0 Å². The van der Waals surface area contributed by atoms with E-state index in [1.165, 1.54) is 42.4 Å². The van der Waals surface area contributed by atoms with Crippen molar-refractivity contribution in [1.82, 2.24) is 5.32 Å². The maximum Gasteiger partial charge on any atom is 0.0577 e. The van der Waals surface area contributed by atoms with Gasteiger partial charge in [0.25, 0.3) is 0 Å². The van der Waals surface area contributed by atoms with Crippen LogP contribution in [0.25, 0.3) is 0 Å². The summed E-state index contributed by atoms with van der Waals surface area (Å²) < 4.78 is 0. The summed E-state index contributed by atoms with van der Waals surface area (Å²) in [5.41, 5.74) is 5.77. The highest BCUT2D eigenvalue weighted by Crippen LogP contribution is 2.41. The van der Waals surface area contributed by atoms with Crippen molar-refractivity contribution in [3.05, 3.63) is 70.8 Å². The lowest BCUT2D eigenvalue weighted by Crippen LogP contribution is -2.24. The highest BCUT2D eigenvalue weighted by molar-refractivity contribution is 5.39. The number of aryl methyl sites for hydroxylation is 1. The fraction of sp³-hybridized carbons (Fsp3) is 0.429. The van der Waals surface area contributed by atoms with E-state index >= 15 is 0 Å². The van der Waals surface area contributed by atoms with Gasteiger partial charge in [-0.15, -0.1) is 0 Å². The summed E-state index contributed by atoms with van der Waals surface area (Å²) in [4.78, 5) is 0. The van der Waals surface area contributed by atoms with Crippen LogP contribution in [0.15, 0.2) is 48.5 Å². The predicted molar refractivity (Wildman–Crippen MR) is 92.2 cm³/mol. The van der Waals surface area contributed by atoms with E-state index in [0.717, 1.165) is 18.4 Å². The summed E-state index contributed by atoms with van der Waals surface area (Å²) >= 11 is 0. The van der Waals surface area contributed by atoms with Gasteiger partial charge in [0.2, 0.25) is 0 Å². The van der Waals surface area contributed by atoms with Gasteiger partial charge in [-0.3, -0.25) is 0 Å². The molecule has 0 spiro atoms. The molecule has 2 aromatic carbocycles. The van der Waals surface area contributed by atoms with Gasteiger partial charge in [-0.1, -0.05) is 54.1 Å². The van der Waals surface area contributed by atoms with Gasteiger partial charge in [0.15, 0.2) is 0 Å². The van der Waals surface area contributed by atoms with Gasteiger partial charge >= 0.3 is 0 Å². The number of nitrogens with one attached hydrogen (secondary N) is 1. The molecule has 1 heteroatoms. The molecule has 0 amide bonds. The first-order valence-corrected chi connectivity index (χ1v) is 8.69. The van der Waals surface area contributed by atoms with Gasteiger partial charge in [-0.25, -0.2) is 0 Å². The number of benzene rings is 2. The number of rotatable bonds is 6. The summed E-state index contributed by atoms with van der Waals surface area (Å²) in [5.74, 6) is 1.72. The summed E-state index contributed by atoms with van der Waals surface area (Å²) in [7, 11) is 0. The minimum absolute atomic E-state index is 0.333. The van der Waals surface area contributed by atoms with Crippen molar-refractivity contribution in [3.63, 3.8) is 0 Å². The molecule has 1 unspecified atom stereocenters. The zero-order chi connectivity index (χ0) is 14.9. The summed E-state index contributed by atoms with van der Waals surface area (Å²) in [5, 5.41) is 3.83. The van der Waals surface area contributed by atoms with Crippen LogP contribution in [0.2, 0.25) is 0 Å². The van der Waals surface area contributed by atoms with E-state index < -0.39 is 0 Å². The lowest BCUT2D eigenvalue weighted by Gasteiger charge is -2.21. The molecule has 1 nitrogen and oxygen atoms in total. The highest BCUT2D eigenvalue weighted by atomic mass is 14.9. The molecule has 0 saturated heterocycles. The SMILES string of the molecule is Cc1cc(C2CC2)cc(C(NCC2CC2)c2ccccc2)c1. The van der Waals surface area contributed by atoms with Gasteiger partial charge in [-0.05, 0) is 67.7 Å². The predicted octanol–water partition coefficient (Wildman–Crippen LogP) is 4.96. The molecule has 22 heavy (non-hydrogen) atoms. The minimum atomic E-state index is 0.333. The molecule has 114 valence electrons. The highest BCUT2D eigenvalue weighted by Gasteiger charge is 2.26. The summed E-state index contributed by atoms with van der Waals surface area (Å²) in [6.45, 7) is 3.38. The quantitative estimate of drug-likeness (QED) is 0.793. The van der Waals surface area contributed by atoms with Crippen LogP contribution in [0.4, 0.5) is 0 Å². The Kier molecular flexibility index (Phi) is 3.75. The van der Waals surface area contributed by atoms with E-state index in [4.69, 9.17) is 0 Å². The molecule has 2 fully saturated rings. The molecule has 2 saturated carbocycles. The van der Waals surface area contributed by atoms with Crippen molar-refractivity contribution in [2.24, 2.45) is 5.92 Å². The van der Waals surface area contributed by atoms with Crippen LogP contribution in [0.1, 0.15) is 59.9 Å². The molecule has 0 bridgehead atoms. The second-order valence-corrected chi connectivity index (χ2v) is 7.15. The van der Waals surface area contributed by atoms with Crippen molar-refractivity contribution in [2.75, 3.05) is 6.54 Å². The molecule has 2 aliphatic carbocycles. The number of hydrogen-bond donors (Lipinski definition) is 1. The fourth-order valence-corrected chi connectivity index (χ4v) is 3.34. The van der Waals surface area contributed by atoms with Crippen LogP contribution in [-0.4, -0.2) is 6.54 Å². The van der Waals surface area contributed by atoms with E-state index in [2.05, 4.69) is 60.8 Å². The molecular weight excluding hydrogens is 266 g/mol. The average Bonchev–Trinajstić information content (AvgIpc) is 3.40. The number of hydrogen-bond acceptors (Lipinski definition) is 1. The normalized spacial score (nSPS) is 19.1. The Morgan fingerprint density at radius 3 is 2.41 bits per heavy atom. The molecule has 1 atom stereocenters.